The maximum absolute atomic E-state index is 13.0. The maximum Gasteiger partial charge on any atom is 0.124 e. The molecule has 0 bridgehead atoms. The molecule has 0 aliphatic rings. The van der Waals surface area contributed by atoms with Gasteiger partial charge in [0.05, 0.1) is 23.5 Å². The van der Waals surface area contributed by atoms with Crippen molar-refractivity contribution in [2.75, 3.05) is 0 Å². The lowest BCUT2D eigenvalue weighted by molar-refractivity contribution is 0.626. The molecule has 0 fully saturated rings. The lowest BCUT2D eigenvalue weighted by Crippen LogP contribution is -2.04. The van der Waals surface area contributed by atoms with Crippen LogP contribution in [0.2, 0.25) is 0 Å². The first-order valence-electron chi connectivity index (χ1n) is 6.74. The molecule has 4 heteroatoms. The van der Waals surface area contributed by atoms with Crippen molar-refractivity contribution in [3.05, 3.63) is 65.2 Å². The second kappa shape index (κ2) is 5.37. The number of fused-ring (bicyclic) bond motifs is 1. The van der Waals surface area contributed by atoms with Gasteiger partial charge in [-0.2, -0.15) is 5.26 Å². The zero-order valence-corrected chi connectivity index (χ0v) is 11.7. The molecule has 3 nitrogen and oxygen atoms in total. The average molecular weight is 279 g/mol. The fourth-order valence-corrected chi connectivity index (χ4v) is 2.44. The standard InChI is InChI=1S/C17H14FN3/c1-12-2-7-16-15(10-12)20-17(8-9-19)21(16)11-13-3-5-14(18)6-4-13/h2-7,10H,8,11H2,1H3. The topological polar surface area (TPSA) is 41.6 Å². The molecule has 0 aliphatic heterocycles. The van der Waals surface area contributed by atoms with Crippen LogP contribution >= 0.6 is 0 Å². The van der Waals surface area contributed by atoms with E-state index < -0.39 is 0 Å². The molecular formula is C17H14FN3. The van der Waals surface area contributed by atoms with Gasteiger partial charge in [-0.15, -0.1) is 0 Å². The van der Waals surface area contributed by atoms with Crippen LogP contribution in [0.3, 0.4) is 0 Å². The number of aromatic nitrogens is 2. The van der Waals surface area contributed by atoms with Gasteiger partial charge in [0.15, 0.2) is 0 Å². The van der Waals surface area contributed by atoms with E-state index in [9.17, 15) is 4.39 Å². The third-order valence-electron chi connectivity index (χ3n) is 3.47. The van der Waals surface area contributed by atoms with Crippen LogP contribution in [0.1, 0.15) is 17.0 Å². The highest BCUT2D eigenvalue weighted by Crippen LogP contribution is 2.20. The molecule has 3 rings (SSSR count). The van der Waals surface area contributed by atoms with Gasteiger partial charge in [0.1, 0.15) is 11.6 Å². The Morgan fingerprint density at radius 2 is 1.95 bits per heavy atom. The molecule has 0 radical (unpaired) electrons. The molecule has 1 aromatic heterocycles. The molecule has 3 aromatic rings. The molecule has 0 unspecified atom stereocenters. The fraction of sp³-hybridized carbons (Fsp3) is 0.176. The molecule has 0 N–H and O–H groups in total. The molecule has 21 heavy (non-hydrogen) atoms. The van der Waals surface area contributed by atoms with Crippen molar-refractivity contribution >= 4 is 11.0 Å². The smallest absolute Gasteiger partial charge is 0.124 e. The van der Waals surface area contributed by atoms with E-state index in [-0.39, 0.29) is 12.2 Å². The lowest BCUT2D eigenvalue weighted by Gasteiger charge is -2.08. The summed E-state index contributed by atoms with van der Waals surface area (Å²) in [5, 5.41) is 8.97. The largest absolute Gasteiger partial charge is 0.323 e. The van der Waals surface area contributed by atoms with Gasteiger partial charge in [-0.05, 0) is 42.3 Å². The van der Waals surface area contributed by atoms with E-state index in [4.69, 9.17) is 5.26 Å². The van der Waals surface area contributed by atoms with Crippen LogP contribution in [0, 0.1) is 24.1 Å². The number of hydrogen-bond acceptors (Lipinski definition) is 2. The molecule has 0 saturated carbocycles. The Bertz CT molecular complexity index is 826. The summed E-state index contributed by atoms with van der Waals surface area (Å²) in [6, 6.07) is 14.6. The first kappa shape index (κ1) is 13.3. The highest BCUT2D eigenvalue weighted by Gasteiger charge is 2.11. The van der Waals surface area contributed by atoms with Crippen molar-refractivity contribution in [2.45, 2.75) is 19.9 Å². The molecular weight excluding hydrogens is 265 g/mol. The molecule has 0 atom stereocenters. The molecule has 2 aromatic carbocycles. The minimum Gasteiger partial charge on any atom is -0.323 e. The SMILES string of the molecule is Cc1ccc2c(c1)nc(CC#N)n2Cc1ccc(F)cc1. The summed E-state index contributed by atoms with van der Waals surface area (Å²) in [5.74, 6) is 0.490. The average Bonchev–Trinajstić information content (AvgIpc) is 2.79. The van der Waals surface area contributed by atoms with E-state index in [1.807, 2.05) is 29.7 Å². The van der Waals surface area contributed by atoms with E-state index in [0.717, 1.165) is 28.0 Å². The number of aryl methyl sites for hydroxylation is 1. The van der Waals surface area contributed by atoms with Crippen LogP contribution < -0.4 is 0 Å². The van der Waals surface area contributed by atoms with Gasteiger partial charge in [-0.1, -0.05) is 18.2 Å². The Labute approximate surface area is 122 Å². The molecule has 0 spiro atoms. The van der Waals surface area contributed by atoms with E-state index in [2.05, 4.69) is 11.1 Å². The third-order valence-corrected chi connectivity index (χ3v) is 3.47. The number of imidazole rings is 1. The van der Waals surface area contributed by atoms with Crippen molar-refractivity contribution in [3.8, 4) is 6.07 Å². The Kier molecular flexibility index (Phi) is 3.41. The molecule has 1 heterocycles. The summed E-state index contributed by atoms with van der Waals surface area (Å²) < 4.78 is 15.0. The summed E-state index contributed by atoms with van der Waals surface area (Å²) in [6.45, 7) is 2.60. The second-order valence-electron chi connectivity index (χ2n) is 5.07. The van der Waals surface area contributed by atoms with E-state index in [1.54, 1.807) is 12.1 Å². The number of benzene rings is 2. The van der Waals surface area contributed by atoms with Crippen LogP contribution in [0.5, 0.6) is 0 Å². The van der Waals surface area contributed by atoms with Crippen molar-refractivity contribution in [1.29, 1.82) is 5.26 Å². The third kappa shape index (κ3) is 2.63. The monoisotopic (exact) mass is 279 g/mol. The van der Waals surface area contributed by atoms with E-state index >= 15 is 0 Å². The zero-order chi connectivity index (χ0) is 14.8. The van der Waals surface area contributed by atoms with Gasteiger partial charge in [0.2, 0.25) is 0 Å². The number of halogens is 1. The van der Waals surface area contributed by atoms with Gasteiger partial charge < -0.3 is 4.57 Å². The van der Waals surface area contributed by atoms with Gasteiger partial charge in [0.25, 0.3) is 0 Å². The van der Waals surface area contributed by atoms with Gasteiger partial charge in [0, 0.05) is 6.54 Å². The van der Waals surface area contributed by atoms with Gasteiger partial charge in [-0.25, -0.2) is 9.37 Å². The van der Waals surface area contributed by atoms with Crippen molar-refractivity contribution in [3.63, 3.8) is 0 Å². The fourth-order valence-electron chi connectivity index (χ4n) is 2.44. The first-order chi connectivity index (χ1) is 10.2. The number of hydrogen-bond donors (Lipinski definition) is 0. The maximum atomic E-state index is 13.0. The minimum absolute atomic E-state index is 0.248. The summed E-state index contributed by atoms with van der Waals surface area (Å²) in [5.41, 5.74) is 4.01. The van der Waals surface area contributed by atoms with Crippen LogP contribution in [0.15, 0.2) is 42.5 Å². The Morgan fingerprint density at radius 3 is 2.67 bits per heavy atom. The normalized spacial score (nSPS) is 10.7. The Balaban J connectivity index is 2.08. The highest BCUT2D eigenvalue weighted by atomic mass is 19.1. The lowest BCUT2D eigenvalue weighted by atomic mass is 10.2. The van der Waals surface area contributed by atoms with E-state index in [1.165, 1.54) is 12.1 Å². The predicted octanol–water partition coefficient (Wildman–Crippen LogP) is 3.60. The Morgan fingerprint density at radius 1 is 1.19 bits per heavy atom. The van der Waals surface area contributed by atoms with Crippen LogP contribution in [-0.4, -0.2) is 9.55 Å². The molecule has 104 valence electrons. The quantitative estimate of drug-likeness (QED) is 0.735. The van der Waals surface area contributed by atoms with E-state index in [0.29, 0.717) is 6.54 Å². The summed E-state index contributed by atoms with van der Waals surface area (Å²) in [6.07, 6.45) is 0.259. The second-order valence-corrected chi connectivity index (χ2v) is 5.07. The first-order valence-corrected chi connectivity index (χ1v) is 6.74. The molecule has 0 amide bonds. The summed E-state index contributed by atoms with van der Waals surface area (Å²) in [7, 11) is 0. The molecule has 0 aliphatic carbocycles. The zero-order valence-electron chi connectivity index (χ0n) is 11.7. The number of rotatable bonds is 3. The minimum atomic E-state index is -0.248. The van der Waals surface area contributed by atoms with Crippen molar-refractivity contribution in [2.24, 2.45) is 0 Å². The molecule has 0 saturated heterocycles. The highest BCUT2D eigenvalue weighted by molar-refractivity contribution is 5.77. The van der Waals surface area contributed by atoms with Crippen molar-refractivity contribution in [1.82, 2.24) is 9.55 Å². The Hall–Kier alpha value is -2.67. The summed E-state index contributed by atoms with van der Waals surface area (Å²) in [4.78, 5) is 4.54. The summed E-state index contributed by atoms with van der Waals surface area (Å²) >= 11 is 0. The number of nitriles is 1. The van der Waals surface area contributed by atoms with Crippen LogP contribution in [-0.2, 0) is 13.0 Å². The van der Waals surface area contributed by atoms with Crippen LogP contribution in [0.25, 0.3) is 11.0 Å². The van der Waals surface area contributed by atoms with Gasteiger partial charge >= 0.3 is 0 Å². The van der Waals surface area contributed by atoms with Gasteiger partial charge in [-0.3, -0.25) is 0 Å². The predicted molar refractivity (Wildman–Crippen MR) is 79.3 cm³/mol. The van der Waals surface area contributed by atoms with Crippen molar-refractivity contribution < 1.29 is 4.39 Å². The number of nitrogens with zero attached hydrogens (tertiary/aromatic N) is 3. The van der Waals surface area contributed by atoms with Crippen LogP contribution in [0.4, 0.5) is 4.39 Å².